The number of carbonyl (C=O) groups excluding carboxylic acids is 2. The fourth-order valence-electron chi connectivity index (χ4n) is 2.29. The van der Waals surface area contributed by atoms with Gasteiger partial charge in [0.1, 0.15) is 0 Å². The first-order chi connectivity index (χ1) is 8.20. The van der Waals surface area contributed by atoms with E-state index in [0.717, 1.165) is 12.8 Å². The zero-order valence-corrected chi connectivity index (χ0v) is 10.0. The Bertz CT molecular complexity index is 396. The minimum atomic E-state index is 0.141. The molecule has 0 atom stereocenters. The van der Waals surface area contributed by atoms with E-state index in [1.54, 1.807) is 7.05 Å². The highest BCUT2D eigenvalue weighted by Gasteiger charge is 2.34. The Morgan fingerprint density at radius 2 is 2.00 bits per heavy atom. The Morgan fingerprint density at radius 3 is 2.59 bits per heavy atom. The second kappa shape index (κ2) is 5.13. The highest BCUT2D eigenvalue weighted by Crippen LogP contribution is 2.41. The molecular weight excluding hydrogens is 214 g/mol. The van der Waals surface area contributed by atoms with Crippen molar-refractivity contribution in [3.8, 4) is 0 Å². The molecule has 0 radical (unpaired) electrons. The number of benzene rings is 1. The molecule has 3 nitrogen and oxygen atoms in total. The number of Topliss-reactive ketones (excluding diaryl/α,β-unsaturated/α-hetero) is 1. The van der Waals surface area contributed by atoms with Gasteiger partial charge >= 0.3 is 0 Å². The fourth-order valence-corrected chi connectivity index (χ4v) is 2.29. The molecule has 2 rings (SSSR count). The number of likely N-dealkylation sites (N-methyl/N-ethyl adjacent to an activating group) is 1. The monoisotopic (exact) mass is 231 g/mol. The fraction of sp³-hybridized carbons (Fsp3) is 0.429. The number of amides is 1. The van der Waals surface area contributed by atoms with Gasteiger partial charge in [0.15, 0.2) is 5.78 Å². The number of carbonyl (C=O) groups is 2. The summed E-state index contributed by atoms with van der Waals surface area (Å²) in [6, 6.07) is 10.3. The molecule has 0 saturated heterocycles. The van der Waals surface area contributed by atoms with Gasteiger partial charge in [0, 0.05) is 13.0 Å². The highest BCUT2D eigenvalue weighted by molar-refractivity contribution is 5.85. The lowest BCUT2D eigenvalue weighted by atomic mass is 9.69. The Labute approximate surface area is 101 Å². The van der Waals surface area contributed by atoms with Crippen molar-refractivity contribution < 1.29 is 9.59 Å². The van der Waals surface area contributed by atoms with Crippen LogP contribution in [0.2, 0.25) is 0 Å². The average Bonchev–Trinajstić information content (AvgIpc) is 2.28. The van der Waals surface area contributed by atoms with Crippen LogP contribution in [0.5, 0.6) is 0 Å². The molecule has 1 saturated carbocycles. The van der Waals surface area contributed by atoms with E-state index < -0.39 is 0 Å². The van der Waals surface area contributed by atoms with Gasteiger partial charge in [0.05, 0.1) is 6.54 Å². The van der Waals surface area contributed by atoms with Crippen molar-refractivity contribution in [3.63, 3.8) is 0 Å². The number of rotatable bonds is 5. The van der Waals surface area contributed by atoms with Crippen LogP contribution in [0.3, 0.4) is 0 Å². The van der Waals surface area contributed by atoms with Gasteiger partial charge in [-0.05, 0) is 24.3 Å². The third-order valence-corrected chi connectivity index (χ3v) is 3.45. The summed E-state index contributed by atoms with van der Waals surface area (Å²) in [4.78, 5) is 23.6. The highest BCUT2D eigenvalue weighted by atomic mass is 16.1. The van der Waals surface area contributed by atoms with E-state index in [1.165, 1.54) is 10.5 Å². The van der Waals surface area contributed by atoms with Crippen molar-refractivity contribution in [2.45, 2.75) is 18.8 Å². The maximum atomic E-state index is 11.8. The van der Waals surface area contributed by atoms with Crippen LogP contribution in [0.25, 0.3) is 0 Å². The molecule has 1 aliphatic carbocycles. The minimum absolute atomic E-state index is 0.141. The number of hydrogen-bond acceptors (Lipinski definition) is 2. The summed E-state index contributed by atoms with van der Waals surface area (Å²) in [5.41, 5.74) is 1.32. The minimum Gasteiger partial charge on any atom is -0.341 e. The summed E-state index contributed by atoms with van der Waals surface area (Å²) >= 11 is 0. The summed E-state index contributed by atoms with van der Waals surface area (Å²) in [5.74, 6) is 0.848. The zero-order valence-electron chi connectivity index (χ0n) is 10.0. The van der Waals surface area contributed by atoms with Gasteiger partial charge in [-0.2, -0.15) is 0 Å². The standard InChI is InChI=1S/C14H17NO2/c1-15(10-16)9-14(17)13-7-12(8-13)11-5-3-2-4-6-11/h2-6,10,12-13H,7-9H2,1H3. The predicted octanol–water partition coefficient (Wildman–Crippen LogP) is 1.84. The van der Waals surface area contributed by atoms with E-state index in [-0.39, 0.29) is 18.2 Å². The van der Waals surface area contributed by atoms with Gasteiger partial charge in [-0.15, -0.1) is 0 Å². The van der Waals surface area contributed by atoms with Crippen molar-refractivity contribution in [2.24, 2.45) is 5.92 Å². The van der Waals surface area contributed by atoms with Crippen molar-refractivity contribution in [1.82, 2.24) is 4.90 Å². The van der Waals surface area contributed by atoms with Gasteiger partial charge in [-0.1, -0.05) is 30.3 Å². The average molecular weight is 231 g/mol. The zero-order chi connectivity index (χ0) is 12.3. The molecule has 0 heterocycles. The second-order valence-corrected chi connectivity index (χ2v) is 4.76. The molecule has 3 heteroatoms. The molecule has 1 fully saturated rings. The summed E-state index contributed by atoms with van der Waals surface area (Å²) in [6.45, 7) is 0.246. The Hall–Kier alpha value is -1.64. The van der Waals surface area contributed by atoms with Gasteiger partial charge in [-0.25, -0.2) is 0 Å². The lowest BCUT2D eigenvalue weighted by molar-refractivity contribution is -0.130. The topological polar surface area (TPSA) is 37.4 Å². The predicted molar refractivity (Wildman–Crippen MR) is 65.6 cm³/mol. The molecule has 0 N–H and O–H groups in total. The van der Waals surface area contributed by atoms with Crippen LogP contribution in [-0.4, -0.2) is 30.7 Å². The van der Waals surface area contributed by atoms with E-state index >= 15 is 0 Å². The first kappa shape index (κ1) is 11.8. The third kappa shape index (κ3) is 2.73. The molecule has 1 aromatic carbocycles. The van der Waals surface area contributed by atoms with Crippen LogP contribution in [0, 0.1) is 5.92 Å². The normalized spacial score (nSPS) is 22.6. The van der Waals surface area contributed by atoms with E-state index in [1.807, 2.05) is 18.2 Å². The molecule has 0 aliphatic heterocycles. The molecule has 17 heavy (non-hydrogen) atoms. The maximum absolute atomic E-state index is 11.8. The first-order valence-electron chi connectivity index (χ1n) is 5.94. The molecule has 90 valence electrons. The van der Waals surface area contributed by atoms with E-state index in [0.29, 0.717) is 12.3 Å². The van der Waals surface area contributed by atoms with Gasteiger partial charge in [0.25, 0.3) is 0 Å². The summed E-state index contributed by atoms with van der Waals surface area (Å²) < 4.78 is 0. The van der Waals surface area contributed by atoms with Crippen molar-refractivity contribution in [3.05, 3.63) is 35.9 Å². The molecule has 1 amide bonds. The molecule has 0 unspecified atom stereocenters. The Balaban J connectivity index is 1.83. The summed E-state index contributed by atoms with van der Waals surface area (Å²) in [6.07, 6.45) is 2.55. The van der Waals surface area contributed by atoms with Crippen LogP contribution < -0.4 is 0 Å². The second-order valence-electron chi connectivity index (χ2n) is 4.76. The van der Waals surface area contributed by atoms with Crippen molar-refractivity contribution >= 4 is 12.2 Å². The molecule has 0 spiro atoms. The van der Waals surface area contributed by atoms with Crippen LogP contribution in [0.15, 0.2) is 30.3 Å². The SMILES string of the molecule is CN(C=O)CC(=O)C1CC(c2ccccc2)C1. The summed E-state index contributed by atoms with van der Waals surface area (Å²) in [5, 5.41) is 0. The van der Waals surface area contributed by atoms with Crippen LogP contribution >= 0.6 is 0 Å². The lowest BCUT2D eigenvalue weighted by Gasteiger charge is -2.35. The Kier molecular flexibility index (Phi) is 3.57. The van der Waals surface area contributed by atoms with Gasteiger partial charge in [0.2, 0.25) is 6.41 Å². The van der Waals surface area contributed by atoms with E-state index in [4.69, 9.17) is 0 Å². The third-order valence-electron chi connectivity index (χ3n) is 3.45. The van der Waals surface area contributed by atoms with Crippen molar-refractivity contribution in [2.75, 3.05) is 13.6 Å². The summed E-state index contributed by atoms with van der Waals surface area (Å²) in [7, 11) is 1.64. The number of nitrogens with zero attached hydrogens (tertiary/aromatic N) is 1. The van der Waals surface area contributed by atoms with Crippen LogP contribution in [-0.2, 0) is 9.59 Å². The van der Waals surface area contributed by atoms with Crippen LogP contribution in [0.4, 0.5) is 0 Å². The molecular formula is C14H17NO2. The first-order valence-corrected chi connectivity index (χ1v) is 5.94. The molecule has 1 aromatic rings. The van der Waals surface area contributed by atoms with Crippen molar-refractivity contribution in [1.29, 1.82) is 0 Å². The number of ketones is 1. The quantitative estimate of drug-likeness (QED) is 0.725. The molecule has 0 bridgehead atoms. The number of hydrogen-bond donors (Lipinski definition) is 0. The van der Waals surface area contributed by atoms with Gasteiger partial charge < -0.3 is 4.90 Å². The molecule has 0 aromatic heterocycles. The largest absolute Gasteiger partial charge is 0.341 e. The lowest BCUT2D eigenvalue weighted by Crippen LogP contribution is -2.35. The van der Waals surface area contributed by atoms with Crippen LogP contribution in [0.1, 0.15) is 24.3 Å². The van der Waals surface area contributed by atoms with E-state index in [9.17, 15) is 9.59 Å². The van der Waals surface area contributed by atoms with Gasteiger partial charge in [-0.3, -0.25) is 9.59 Å². The maximum Gasteiger partial charge on any atom is 0.209 e. The molecule has 1 aliphatic rings. The smallest absolute Gasteiger partial charge is 0.209 e. The Morgan fingerprint density at radius 1 is 1.35 bits per heavy atom. The van der Waals surface area contributed by atoms with E-state index in [2.05, 4.69) is 12.1 Å².